The number of rotatable bonds is 7. The fourth-order valence-corrected chi connectivity index (χ4v) is 1.96. The Morgan fingerprint density at radius 2 is 2.05 bits per heavy atom. The number of pyridine rings is 1. The quantitative estimate of drug-likeness (QED) is 0.703. The van der Waals surface area contributed by atoms with E-state index in [1.807, 2.05) is 41.9 Å². The molecule has 0 radical (unpaired) electrons. The van der Waals surface area contributed by atoms with Crippen molar-refractivity contribution in [3.05, 3.63) is 36.3 Å². The van der Waals surface area contributed by atoms with E-state index in [0.29, 0.717) is 19.5 Å². The summed E-state index contributed by atoms with van der Waals surface area (Å²) in [6.07, 6.45) is 5.38. The molecular weight excluding hydrogens is 282 g/mol. The van der Waals surface area contributed by atoms with E-state index in [1.54, 1.807) is 0 Å². The second kappa shape index (κ2) is 8.02. The third-order valence-electron chi connectivity index (χ3n) is 3.06. The first-order chi connectivity index (χ1) is 10.7. The highest BCUT2D eigenvalue weighted by molar-refractivity contribution is 5.83. The average molecular weight is 303 g/mol. The monoisotopic (exact) mass is 303 g/mol. The molecule has 0 aliphatic heterocycles. The third-order valence-corrected chi connectivity index (χ3v) is 3.06. The highest BCUT2D eigenvalue weighted by atomic mass is 16.2. The Kier molecular flexibility index (Phi) is 5.76. The summed E-state index contributed by atoms with van der Waals surface area (Å²) >= 11 is 0. The molecule has 0 atom stereocenters. The number of fused-ring (bicyclic) bond motifs is 1. The predicted octanol–water partition coefficient (Wildman–Crippen LogP) is 0.702. The number of hydrogen-bond acceptors (Lipinski definition) is 3. The first-order valence-corrected chi connectivity index (χ1v) is 7.40. The third kappa shape index (κ3) is 4.76. The maximum absolute atomic E-state index is 11.6. The molecule has 0 bridgehead atoms. The second-order valence-corrected chi connectivity index (χ2v) is 4.91. The van der Waals surface area contributed by atoms with Gasteiger partial charge in [-0.05, 0) is 18.6 Å². The number of amides is 3. The van der Waals surface area contributed by atoms with Gasteiger partial charge in [-0.1, -0.05) is 13.0 Å². The van der Waals surface area contributed by atoms with Gasteiger partial charge in [-0.25, -0.2) is 9.78 Å². The Labute approximate surface area is 129 Å². The van der Waals surface area contributed by atoms with Crippen molar-refractivity contribution in [1.29, 1.82) is 0 Å². The smallest absolute Gasteiger partial charge is 0.315 e. The van der Waals surface area contributed by atoms with Crippen molar-refractivity contribution in [2.45, 2.75) is 19.8 Å². The fourth-order valence-electron chi connectivity index (χ4n) is 1.96. The van der Waals surface area contributed by atoms with Crippen LogP contribution in [0.15, 0.2) is 30.6 Å². The number of imidazole rings is 1. The van der Waals surface area contributed by atoms with E-state index in [4.69, 9.17) is 0 Å². The van der Waals surface area contributed by atoms with Crippen LogP contribution in [0, 0.1) is 0 Å². The van der Waals surface area contributed by atoms with Gasteiger partial charge in [0, 0.05) is 31.9 Å². The molecule has 2 rings (SSSR count). The van der Waals surface area contributed by atoms with E-state index in [2.05, 4.69) is 20.9 Å². The van der Waals surface area contributed by atoms with Crippen LogP contribution in [0.5, 0.6) is 0 Å². The Hall–Kier alpha value is -2.57. The molecule has 0 unspecified atom stereocenters. The highest BCUT2D eigenvalue weighted by Crippen LogP contribution is 2.04. The summed E-state index contributed by atoms with van der Waals surface area (Å²) in [6, 6.07) is 5.45. The van der Waals surface area contributed by atoms with Crippen molar-refractivity contribution in [3.8, 4) is 0 Å². The van der Waals surface area contributed by atoms with Gasteiger partial charge < -0.3 is 20.4 Å². The molecule has 3 amide bonds. The summed E-state index contributed by atoms with van der Waals surface area (Å²) in [5, 5.41) is 7.91. The van der Waals surface area contributed by atoms with Crippen LogP contribution in [0.3, 0.4) is 0 Å². The molecular formula is C15H21N5O2. The van der Waals surface area contributed by atoms with Gasteiger partial charge in [0.1, 0.15) is 5.65 Å². The molecule has 118 valence electrons. The molecule has 0 spiro atoms. The van der Waals surface area contributed by atoms with Gasteiger partial charge in [-0.2, -0.15) is 0 Å². The molecule has 3 N–H and O–H groups in total. The summed E-state index contributed by atoms with van der Waals surface area (Å²) in [6.45, 7) is 3.04. The molecule has 0 aliphatic rings. The van der Waals surface area contributed by atoms with Gasteiger partial charge in [0.2, 0.25) is 5.91 Å². The summed E-state index contributed by atoms with van der Waals surface area (Å²) in [5.74, 6) is -0.183. The molecule has 22 heavy (non-hydrogen) atoms. The minimum Gasteiger partial charge on any atom is -0.355 e. The summed E-state index contributed by atoms with van der Waals surface area (Å²) in [5.41, 5.74) is 1.79. The topological polar surface area (TPSA) is 87.5 Å². The van der Waals surface area contributed by atoms with Crippen LogP contribution >= 0.6 is 0 Å². The van der Waals surface area contributed by atoms with E-state index >= 15 is 0 Å². The molecule has 7 heteroatoms. The van der Waals surface area contributed by atoms with Crippen LogP contribution in [0.25, 0.3) is 5.65 Å². The lowest BCUT2D eigenvalue weighted by atomic mass is 10.3. The van der Waals surface area contributed by atoms with Crippen molar-refractivity contribution in [3.63, 3.8) is 0 Å². The fraction of sp³-hybridized carbons (Fsp3) is 0.400. The zero-order chi connectivity index (χ0) is 15.8. The zero-order valence-electron chi connectivity index (χ0n) is 12.6. The number of hydrogen-bond donors (Lipinski definition) is 3. The van der Waals surface area contributed by atoms with E-state index in [1.165, 1.54) is 0 Å². The predicted molar refractivity (Wildman–Crippen MR) is 83.6 cm³/mol. The molecule has 2 heterocycles. The SMILES string of the molecule is CCCNC(=O)CNC(=O)NCCc1cn2ccccc2n1. The van der Waals surface area contributed by atoms with Crippen molar-refractivity contribution in [2.24, 2.45) is 0 Å². The summed E-state index contributed by atoms with van der Waals surface area (Å²) in [4.78, 5) is 27.3. The van der Waals surface area contributed by atoms with E-state index in [0.717, 1.165) is 17.8 Å². The van der Waals surface area contributed by atoms with Crippen LogP contribution < -0.4 is 16.0 Å². The van der Waals surface area contributed by atoms with Crippen molar-refractivity contribution in [2.75, 3.05) is 19.6 Å². The van der Waals surface area contributed by atoms with Gasteiger partial charge in [0.05, 0.1) is 12.2 Å². The first kappa shape index (κ1) is 15.8. The number of aromatic nitrogens is 2. The van der Waals surface area contributed by atoms with Crippen molar-refractivity contribution >= 4 is 17.6 Å². The van der Waals surface area contributed by atoms with Crippen molar-refractivity contribution in [1.82, 2.24) is 25.3 Å². The van der Waals surface area contributed by atoms with E-state index in [-0.39, 0.29) is 18.5 Å². The Morgan fingerprint density at radius 3 is 2.82 bits per heavy atom. The minimum absolute atomic E-state index is 0.0137. The summed E-state index contributed by atoms with van der Waals surface area (Å²) < 4.78 is 1.94. The molecule has 0 fully saturated rings. The largest absolute Gasteiger partial charge is 0.355 e. The molecule has 0 aromatic carbocycles. The Balaban J connectivity index is 1.67. The van der Waals surface area contributed by atoms with E-state index < -0.39 is 0 Å². The molecule has 0 saturated heterocycles. The van der Waals surface area contributed by atoms with E-state index in [9.17, 15) is 9.59 Å². The number of carbonyl (C=O) groups is 2. The van der Waals surface area contributed by atoms with Crippen LogP contribution in [0.4, 0.5) is 4.79 Å². The van der Waals surface area contributed by atoms with Gasteiger partial charge in [-0.3, -0.25) is 4.79 Å². The van der Waals surface area contributed by atoms with Crippen molar-refractivity contribution < 1.29 is 9.59 Å². The van der Waals surface area contributed by atoms with Gasteiger partial charge >= 0.3 is 6.03 Å². The number of nitrogens with zero attached hydrogens (tertiary/aromatic N) is 2. The Bertz CT molecular complexity index is 605. The molecule has 2 aromatic heterocycles. The zero-order valence-corrected chi connectivity index (χ0v) is 12.6. The molecule has 7 nitrogen and oxygen atoms in total. The van der Waals surface area contributed by atoms with Gasteiger partial charge in [0.15, 0.2) is 0 Å². The second-order valence-electron chi connectivity index (χ2n) is 4.91. The Morgan fingerprint density at radius 1 is 1.18 bits per heavy atom. The van der Waals surface area contributed by atoms with Crippen LogP contribution in [0.2, 0.25) is 0 Å². The lowest BCUT2D eigenvalue weighted by Gasteiger charge is -2.07. The van der Waals surface area contributed by atoms with Gasteiger partial charge in [0.25, 0.3) is 0 Å². The normalized spacial score (nSPS) is 10.4. The molecule has 0 aliphatic carbocycles. The standard InChI is InChI=1S/C15H21N5O2/c1-2-7-16-14(21)10-18-15(22)17-8-6-12-11-20-9-4-3-5-13(20)19-12/h3-5,9,11H,2,6-8,10H2,1H3,(H,16,21)(H2,17,18,22). The number of nitrogens with one attached hydrogen (secondary N) is 3. The lowest BCUT2D eigenvalue weighted by Crippen LogP contribution is -2.42. The van der Waals surface area contributed by atoms with Crippen LogP contribution in [0.1, 0.15) is 19.0 Å². The van der Waals surface area contributed by atoms with Gasteiger partial charge in [-0.15, -0.1) is 0 Å². The average Bonchev–Trinajstić information content (AvgIpc) is 2.93. The maximum atomic E-state index is 11.6. The van der Waals surface area contributed by atoms with Crippen LogP contribution in [-0.4, -0.2) is 41.0 Å². The summed E-state index contributed by atoms with van der Waals surface area (Å²) in [7, 11) is 0. The first-order valence-electron chi connectivity index (χ1n) is 7.40. The highest BCUT2D eigenvalue weighted by Gasteiger charge is 2.05. The van der Waals surface area contributed by atoms with Crippen LogP contribution in [-0.2, 0) is 11.2 Å². The minimum atomic E-state index is -0.351. The molecule has 0 saturated carbocycles. The maximum Gasteiger partial charge on any atom is 0.315 e. The number of urea groups is 1. The molecule has 2 aromatic rings. The lowest BCUT2D eigenvalue weighted by molar-refractivity contribution is -0.120. The number of carbonyl (C=O) groups excluding carboxylic acids is 2.